The summed E-state index contributed by atoms with van der Waals surface area (Å²) in [5.41, 5.74) is 6.59. The van der Waals surface area contributed by atoms with Crippen LogP contribution in [0.25, 0.3) is 0 Å². The van der Waals surface area contributed by atoms with Crippen LogP contribution in [0, 0.1) is 0 Å². The molecule has 2 heterocycles. The van der Waals surface area contributed by atoms with Crippen LogP contribution in [0.4, 0.5) is 10.7 Å². The highest BCUT2D eigenvalue weighted by Crippen LogP contribution is 2.44. The molecule has 100 valence electrons. The van der Waals surface area contributed by atoms with Crippen LogP contribution in [0.2, 0.25) is 0 Å². The number of nitrogen functional groups attached to an aromatic ring is 1. The number of ether oxygens (including phenoxy) is 1. The summed E-state index contributed by atoms with van der Waals surface area (Å²) in [5.74, 6) is -0.353. The number of carbonyl (C=O) groups excluding carboxylic acids is 1. The fourth-order valence-corrected chi connectivity index (χ4v) is 4.09. The van der Waals surface area contributed by atoms with E-state index in [4.69, 9.17) is 10.5 Å². The van der Waals surface area contributed by atoms with Gasteiger partial charge in [0.05, 0.1) is 17.7 Å². The summed E-state index contributed by atoms with van der Waals surface area (Å²) in [7, 11) is 1.38. The van der Waals surface area contributed by atoms with Gasteiger partial charge in [0.1, 0.15) is 9.88 Å². The fourth-order valence-electron chi connectivity index (χ4n) is 1.93. The van der Waals surface area contributed by atoms with Crippen LogP contribution in [-0.4, -0.2) is 45.5 Å². The van der Waals surface area contributed by atoms with Gasteiger partial charge in [-0.25, -0.2) is 4.79 Å². The molecule has 0 saturated carbocycles. The summed E-state index contributed by atoms with van der Waals surface area (Å²) in [6, 6.07) is 0. The van der Waals surface area contributed by atoms with Gasteiger partial charge in [-0.3, -0.25) is 0 Å². The van der Waals surface area contributed by atoms with Crippen molar-refractivity contribution in [2.45, 2.75) is 4.90 Å². The smallest absolute Gasteiger partial charge is 0.350 e. The Morgan fingerprint density at radius 3 is 2.72 bits per heavy atom. The molecule has 1 aromatic rings. The van der Waals surface area contributed by atoms with E-state index in [2.05, 4.69) is 10.2 Å². The summed E-state index contributed by atoms with van der Waals surface area (Å²) in [6.07, 6.45) is 1.98. The van der Waals surface area contributed by atoms with Crippen molar-refractivity contribution in [1.29, 1.82) is 0 Å². The van der Waals surface area contributed by atoms with Crippen molar-refractivity contribution in [3.63, 3.8) is 0 Å². The Bertz CT molecular complexity index is 442. The molecule has 3 N–H and O–H groups in total. The first kappa shape index (κ1) is 13.5. The molecule has 1 aliphatic rings. The van der Waals surface area contributed by atoms with E-state index < -0.39 is 0 Å². The number of nitrogens with zero attached hydrogens (tertiary/aromatic N) is 1. The largest absolute Gasteiger partial charge is 0.465 e. The number of nitrogens with one attached hydrogen (secondary N) is 1. The summed E-state index contributed by atoms with van der Waals surface area (Å²) >= 11 is 3.01. The molecular formula is C11H17N3O2S2. The maximum Gasteiger partial charge on any atom is 0.350 e. The Hall–Kier alpha value is -0.920. The van der Waals surface area contributed by atoms with Crippen LogP contribution in [0.15, 0.2) is 4.90 Å². The molecule has 0 spiro atoms. The number of hydrogen-bond acceptors (Lipinski definition) is 7. The van der Waals surface area contributed by atoms with Gasteiger partial charge in [0.2, 0.25) is 0 Å². The van der Waals surface area contributed by atoms with Crippen LogP contribution >= 0.6 is 23.1 Å². The summed E-state index contributed by atoms with van der Waals surface area (Å²) in [6.45, 7) is 3.79. The second kappa shape index (κ2) is 5.81. The summed E-state index contributed by atoms with van der Waals surface area (Å²) in [4.78, 5) is 15.4. The number of hydrogen-bond donors (Lipinski definition) is 2. The van der Waals surface area contributed by atoms with Gasteiger partial charge < -0.3 is 20.7 Å². The van der Waals surface area contributed by atoms with Gasteiger partial charge >= 0.3 is 5.97 Å². The Morgan fingerprint density at radius 2 is 2.17 bits per heavy atom. The molecule has 0 atom stereocenters. The number of methoxy groups -OCH3 is 1. The standard InChI is InChI=1S/C11H17N3O2S2/c1-16-11(15)9-7(12)8(17-2)10(18-9)14-5-3-13-4-6-14/h13H,3-6,12H2,1-2H3. The van der Waals surface area contributed by atoms with E-state index in [1.165, 1.54) is 18.4 Å². The van der Waals surface area contributed by atoms with E-state index >= 15 is 0 Å². The first-order chi connectivity index (χ1) is 8.69. The zero-order chi connectivity index (χ0) is 13.1. The molecule has 0 aliphatic carbocycles. The van der Waals surface area contributed by atoms with E-state index in [1.807, 2.05) is 6.26 Å². The van der Waals surface area contributed by atoms with Gasteiger partial charge in [-0.2, -0.15) is 0 Å². The molecule has 1 aliphatic heterocycles. The molecule has 0 unspecified atom stereocenters. The number of piperazine rings is 1. The first-order valence-electron chi connectivity index (χ1n) is 5.69. The van der Waals surface area contributed by atoms with Gasteiger partial charge in [-0.1, -0.05) is 0 Å². The molecule has 2 rings (SSSR count). The van der Waals surface area contributed by atoms with E-state index in [-0.39, 0.29) is 5.97 Å². The van der Waals surface area contributed by atoms with Crippen LogP contribution in [0.5, 0.6) is 0 Å². The molecule has 1 aromatic heterocycles. The van der Waals surface area contributed by atoms with Gasteiger partial charge in [-0.05, 0) is 6.26 Å². The minimum absolute atomic E-state index is 0.353. The molecule has 18 heavy (non-hydrogen) atoms. The van der Waals surface area contributed by atoms with Crippen LogP contribution in [0.3, 0.4) is 0 Å². The normalized spacial score (nSPS) is 15.8. The van der Waals surface area contributed by atoms with E-state index in [0.717, 1.165) is 36.1 Å². The lowest BCUT2D eigenvalue weighted by Gasteiger charge is -2.28. The number of thioether (sulfide) groups is 1. The second-order valence-corrected chi connectivity index (χ2v) is 5.73. The van der Waals surface area contributed by atoms with Crippen molar-refractivity contribution in [3.8, 4) is 0 Å². The number of anilines is 2. The third kappa shape index (κ3) is 2.43. The van der Waals surface area contributed by atoms with Gasteiger partial charge in [-0.15, -0.1) is 23.1 Å². The highest BCUT2D eigenvalue weighted by Gasteiger charge is 2.25. The minimum Gasteiger partial charge on any atom is -0.465 e. The number of thiophene rings is 1. The van der Waals surface area contributed by atoms with Crippen LogP contribution in [0.1, 0.15) is 9.67 Å². The third-order valence-corrected chi connectivity index (χ3v) is 5.06. The predicted octanol–water partition coefficient (Wildman–Crippen LogP) is 1.25. The third-order valence-electron chi connectivity index (χ3n) is 2.86. The van der Waals surface area contributed by atoms with Crippen molar-refractivity contribution < 1.29 is 9.53 Å². The first-order valence-corrected chi connectivity index (χ1v) is 7.73. The Morgan fingerprint density at radius 1 is 1.50 bits per heavy atom. The topological polar surface area (TPSA) is 67.6 Å². The predicted molar refractivity (Wildman–Crippen MR) is 76.9 cm³/mol. The quantitative estimate of drug-likeness (QED) is 0.644. The molecule has 0 aromatic carbocycles. The minimum atomic E-state index is -0.353. The van der Waals surface area contributed by atoms with E-state index in [0.29, 0.717) is 10.6 Å². The second-order valence-electron chi connectivity index (χ2n) is 3.91. The van der Waals surface area contributed by atoms with Crippen molar-refractivity contribution in [2.24, 2.45) is 0 Å². The summed E-state index contributed by atoms with van der Waals surface area (Å²) in [5, 5.41) is 4.40. The maximum absolute atomic E-state index is 11.7. The SMILES string of the molecule is COC(=O)c1sc(N2CCNCC2)c(SC)c1N. The molecular weight excluding hydrogens is 270 g/mol. The average Bonchev–Trinajstić information content (AvgIpc) is 2.76. The van der Waals surface area contributed by atoms with Gasteiger partial charge in [0.25, 0.3) is 0 Å². The molecule has 1 saturated heterocycles. The monoisotopic (exact) mass is 287 g/mol. The van der Waals surface area contributed by atoms with Crippen molar-refractivity contribution in [1.82, 2.24) is 5.32 Å². The maximum atomic E-state index is 11.7. The van der Waals surface area contributed by atoms with Crippen LogP contribution < -0.4 is 16.0 Å². The molecule has 0 amide bonds. The number of carbonyl (C=O) groups is 1. The fraction of sp³-hybridized carbons (Fsp3) is 0.545. The van der Waals surface area contributed by atoms with E-state index in [1.54, 1.807) is 11.8 Å². The zero-order valence-electron chi connectivity index (χ0n) is 10.5. The van der Waals surface area contributed by atoms with Crippen molar-refractivity contribution in [3.05, 3.63) is 4.88 Å². The van der Waals surface area contributed by atoms with Crippen molar-refractivity contribution >= 4 is 39.8 Å². The zero-order valence-corrected chi connectivity index (χ0v) is 12.1. The number of esters is 1. The molecule has 5 nitrogen and oxygen atoms in total. The lowest BCUT2D eigenvalue weighted by atomic mass is 10.3. The molecule has 1 fully saturated rings. The lowest BCUT2D eigenvalue weighted by Crippen LogP contribution is -2.43. The average molecular weight is 287 g/mol. The number of nitrogens with two attached hydrogens (primary N) is 1. The van der Waals surface area contributed by atoms with E-state index in [9.17, 15) is 4.79 Å². The van der Waals surface area contributed by atoms with Crippen LogP contribution in [-0.2, 0) is 4.74 Å². The molecule has 7 heteroatoms. The summed E-state index contributed by atoms with van der Waals surface area (Å²) < 4.78 is 4.77. The molecule has 0 bridgehead atoms. The molecule has 0 radical (unpaired) electrons. The Labute approximate surface area is 115 Å². The highest BCUT2D eigenvalue weighted by atomic mass is 32.2. The Balaban J connectivity index is 2.36. The Kier molecular flexibility index (Phi) is 4.36. The van der Waals surface area contributed by atoms with Crippen molar-refractivity contribution in [2.75, 3.05) is 50.2 Å². The van der Waals surface area contributed by atoms with Gasteiger partial charge in [0, 0.05) is 26.2 Å². The lowest BCUT2D eigenvalue weighted by molar-refractivity contribution is 0.0607. The highest BCUT2D eigenvalue weighted by molar-refractivity contribution is 7.99. The number of rotatable bonds is 3. The van der Waals surface area contributed by atoms with Gasteiger partial charge in [0.15, 0.2) is 0 Å².